The third-order valence-corrected chi connectivity index (χ3v) is 5.25. The number of halogens is 2. The van der Waals surface area contributed by atoms with Gasteiger partial charge in [-0.1, -0.05) is 19.1 Å². The molecule has 5 heteroatoms. The second-order valence-corrected chi connectivity index (χ2v) is 7.27. The van der Waals surface area contributed by atoms with Crippen LogP contribution in [0.4, 0.5) is 0 Å². The van der Waals surface area contributed by atoms with Gasteiger partial charge in [0.25, 0.3) is 0 Å². The average molecular weight is 462 g/mol. The van der Waals surface area contributed by atoms with Gasteiger partial charge in [-0.25, -0.2) is 0 Å². The molecule has 0 aliphatic rings. The van der Waals surface area contributed by atoms with Gasteiger partial charge in [-0.3, -0.25) is 4.68 Å². The van der Waals surface area contributed by atoms with E-state index in [4.69, 9.17) is 0 Å². The number of aromatic nitrogens is 2. The summed E-state index contributed by atoms with van der Waals surface area (Å²) in [7, 11) is 2.01. The molecule has 0 amide bonds. The molecule has 1 unspecified atom stereocenters. The molecular weight excluding hydrogens is 441 g/mol. The minimum atomic E-state index is 0.311. The van der Waals surface area contributed by atoms with Crippen molar-refractivity contribution < 1.29 is 0 Å². The van der Waals surface area contributed by atoms with Crippen LogP contribution in [-0.2, 0) is 13.5 Å². The topological polar surface area (TPSA) is 29.9 Å². The molecule has 0 radical (unpaired) electrons. The number of nitrogens with zero attached hydrogens (tertiary/aromatic N) is 2. The third-order valence-electron chi connectivity index (χ3n) is 3.55. The summed E-state index contributed by atoms with van der Waals surface area (Å²) in [6.45, 7) is 5.25. The van der Waals surface area contributed by atoms with Crippen LogP contribution < -0.4 is 5.32 Å². The maximum absolute atomic E-state index is 4.50. The summed E-state index contributed by atoms with van der Waals surface area (Å²) in [5, 5.41) is 8.16. The Hall–Kier alpha value is -0.400. The summed E-state index contributed by atoms with van der Waals surface area (Å²) in [4.78, 5) is 0. The Balaban J connectivity index is 2.28. The average Bonchev–Trinajstić information content (AvgIpc) is 2.69. The highest BCUT2D eigenvalue weighted by Crippen LogP contribution is 2.26. The Kier molecular flexibility index (Phi) is 6.25. The normalized spacial score (nSPS) is 12.6. The Morgan fingerprint density at radius 1 is 1.43 bits per heavy atom. The monoisotopic (exact) mass is 461 g/mol. The van der Waals surface area contributed by atoms with Crippen LogP contribution in [0, 0.1) is 10.5 Å². The summed E-state index contributed by atoms with van der Waals surface area (Å²) < 4.78 is 4.38. The predicted molar refractivity (Wildman–Crippen MR) is 99.5 cm³/mol. The Morgan fingerprint density at radius 2 is 2.19 bits per heavy atom. The van der Waals surface area contributed by atoms with Gasteiger partial charge >= 0.3 is 0 Å². The first-order valence-corrected chi connectivity index (χ1v) is 9.07. The molecule has 0 spiro atoms. The van der Waals surface area contributed by atoms with Crippen LogP contribution in [0.1, 0.15) is 36.3 Å². The van der Waals surface area contributed by atoms with Crippen LogP contribution in [-0.4, -0.2) is 16.3 Å². The van der Waals surface area contributed by atoms with Gasteiger partial charge in [0, 0.05) is 23.1 Å². The molecule has 0 fully saturated rings. The number of rotatable bonds is 6. The molecule has 114 valence electrons. The smallest absolute Gasteiger partial charge is 0.0738 e. The zero-order valence-corrected chi connectivity index (χ0v) is 16.4. The molecule has 0 aliphatic heterocycles. The minimum Gasteiger partial charge on any atom is -0.310 e. The Bertz CT molecular complexity index is 610. The van der Waals surface area contributed by atoms with Gasteiger partial charge in [0.05, 0.1) is 15.9 Å². The fourth-order valence-corrected chi connectivity index (χ4v) is 3.51. The number of hydrogen-bond donors (Lipinski definition) is 1. The van der Waals surface area contributed by atoms with Crippen LogP contribution >= 0.6 is 38.5 Å². The minimum absolute atomic E-state index is 0.311. The summed E-state index contributed by atoms with van der Waals surface area (Å²) in [6.07, 6.45) is 2.06. The molecule has 2 aromatic rings. The van der Waals surface area contributed by atoms with Crippen molar-refractivity contribution in [1.29, 1.82) is 0 Å². The molecule has 2 rings (SSSR count). The van der Waals surface area contributed by atoms with Crippen molar-refractivity contribution in [2.45, 2.75) is 32.7 Å². The van der Waals surface area contributed by atoms with Crippen LogP contribution in [0.5, 0.6) is 0 Å². The molecule has 1 aromatic heterocycles. The molecule has 0 saturated carbocycles. The molecule has 0 bridgehead atoms. The fourth-order valence-electron chi connectivity index (χ4n) is 2.44. The van der Waals surface area contributed by atoms with Crippen LogP contribution in [0.2, 0.25) is 0 Å². The first-order valence-electron chi connectivity index (χ1n) is 7.19. The van der Waals surface area contributed by atoms with Gasteiger partial charge < -0.3 is 5.32 Å². The van der Waals surface area contributed by atoms with Gasteiger partial charge in [0.15, 0.2) is 0 Å². The van der Waals surface area contributed by atoms with Crippen molar-refractivity contribution in [2.24, 2.45) is 7.05 Å². The SMILES string of the molecule is CCCNC(Cc1c(Br)c(C)nn1C)c1cccc(I)c1. The zero-order valence-electron chi connectivity index (χ0n) is 12.7. The Labute approximate surface area is 148 Å². The van der Waals surface area contributed by atoms with E-state index >= 15 is 0 Å². The zero-order chi connectivity index (χ0) is 15.4. The highest BCUT2D eigenvalue weighted by Gasteiger charge is 2.18. The molecular formula is C16H21BrIN3. The predicted octanol–water partition coefficient (Wildman–Crippen LogP) is 4.38. The van der Waals surface area contributed by atoms with E-state index in [0.717, 1.165) is 29.6 Å². The standard InChI is InChI=1S/C16H21BrIN3/c1-4-8-19-14(12-6-5-7-13(18)9-12)10-15-16(17)11(2)20-21(15)3/h5-7,9,14,19H,4,8,10H2,1-3H3. The highest BCUT2D eigenvalue weighted by atomic mass is 127. The van der Waals surface area contributed by atoms with E-state index in [1.165, 1.54) is 14.8 Å². The molecule has 0 aliphatic carbocycles. The summed E-state index contributed by atoms with van der Waals surface area (Å²) in [5.74, 6) is 0. The van der Waals surface area contributed by atoms with Crippen LogP contribution in [0.15, 0.2) is 28.7 Å². The van der Waals surface area contributed by atoms with Crippen molar-refractivity contribution in [3.63, 3.8) is 0 Å². The summed E-state index contributed by atoms with van der Waals surface area (Å²) in [5.41, 5.74) is 3.62. The van der Waals surface area contributed by atoms with Crippen molar-refractivity contribution in [2.75, 3.05) is 6.54 Å². The van der Waals surface area contributed by atoms with E-state index in [-0.39, 0.29) is 0 Å². The second kappa shape index (κ2) is 7.74. The number of benzene rings is 1. The quantitative estimate of drug-likeness (QED) is 0.647. The van der Waals surface area contributed by atoms with Crippen molar-refractivity contribution >= 4 is 38.5 Å². The van der Waals surface area contributed by atoms with E-state index in [0.29, 0.717) is 6.04 Å². The lowest BCUT2D eigenvalue weighted by atomic mass is 10.0. The van der Waals surface area contributed by atoms with Crippen molar-refractivity contribution in [1.82, 2.24) is 15.1 Å². The van der Waals surface area contributed by atoms with Crippen LogP contribution in [0.3, 0.4) is 0 Å². The van der Waals surface area contributed by atoms with Gasteiger partial charge in [0.1, 0.15) is 0 Å². The largest absolute Gasteiger partial charge is 0.310 e. The molecule has 3 nitrogen and oxygen atoms in total. The second-order valence-electron chi connectivity index (χ2n) is 5.24. The number of aryl methyl sites for hydroxylation is 2. The number of nitrogens with one attached hydrogen (secondary N) is 1. The molecule has 1 atom stereocenters. The lowest BCUT2D eigenvalue weighted by molar-refractivity contribution is 0.511. The molecule has 0 saturated heterocycles. The maximum atomic E-state index is 4.50. The van der Waals surface area contributed by atoms with Crippen molar-refractivity contribution in [3.05, 3.63) is 49.3 Å². The molecule has 1 aromatic carbocycles. The number of hydrogen-bond acceptors (Lipinski definition) is 2. The summed E-state index contributed by atoms with van der Waals surface area (Å²) >= 11 is 6.04. The molecule has 21 heavy (non-hydrogen) atoms. The first kappa shape index (κ1) is 17.0. The summed E-state index contributed by atoms with van der Waals surface area (Å²) in [6, 6.07) is 9.02. The fraction of sp³-hybridized carbons (Fsp3) is 0.438. The van der Waals surface area contributed by atoms with Gasteiger partial charge in [-0.15, -0.1) is 0 Å². The first-order chi connectivity index (χ1) is 10.0. The lowest BCUT2D eigenvalue weighted by Gasteiger charge is -2.20. The highest BCUT2D eigenvalue weighted by molar-refractivity contribution is 14.1. The van der Waals surface area contributed by atoms with Gasteiger partial charge in [0.2, 0.25) is 0 Å². The van der Waals surface area contributed by atoms with E-state index in [1.807, 2.05) is 18.7 Å². The third kappa shape index (κ3) is 4.29. The van der Waals surface area contributed by atoms with Gasteiger partial charge in [-0.2, -0.15) is 5.10 Å². The van der Waals surface area contributed by atoms with Gasteiger partial charge in [-0.05, 0) is 76.1 Å². The molecule has 1 heterocycles. The van der Waals surface area contributed by atoms with E-state index in [9.17, 15) is 0 Å². The van der Waals surface area contributed by atoms with E-state index in [2.05, 4.69) is 80.1 Å². The van der Waals surface area contributed by atoms with E-state index < -0.39 is 0 Å². The van der Waals surface area contributed by atoms with Crippen LogP contribution in [0.25, 0.3) is 0 Å². The van der Waals surface area contributed by atoms with Crippen molar-refractivity contribution in [3.8, 4) is 0 Å². The lowest BCUT2D eigenvalue weighted by Crippen LogP contribution is -2.25. The molecule has 1 N–H and O–H groups in total. The maximum Gasteiger partial charge on any atom is 0.0738 e. The van der Waals surface area contributed by atoms with E-state index in [1.54, 1.807) is 0 Å². The Morgan fingerprint density at radius 3 is 2.76 bits per heavy atom.